The third kappa shape index (κ3) is 3.75. The molecular formula is C12H12ClN3O2. The third-order valence-corrected chi connectivity index (χ3v) is 2.60. The molecule has 18 heavy (non-hydrogen) atoms. The molecule has 0 aliphatic rings. The summed E-state index contributed by atoms with van der Waals surface area (Å²) in [6.07, 6.45) is 0. The average molecular weight is 266 g/mol. The summed E-state index contributed by atoms with van der Waals surface area (Å²) in [4.78, 5) is 22.7. The Morgan fingerprint density at radius 1 is 1.39 bits per heavy atom. The highest BCUT2D eigenvalue weighted by molar-refractivity contribution is 6.35. The molecule has 0 aliphatic heterocycles. The van der Waals surface area contributed by atoms with Crippen LogP contribution in [-0.4, -0.2) is 18.4 Å². The zero-order valence-corrected chi connectivity index (χ0v) is 10.5. The van der Waals surface area contributed by atoms with E-state index in [1.54, 1.807) is 37.3 Å². The van der Waals surface area contributed by atoms with Gasteiger partial charge >= 0.3 is 11.8 Å². The lowest BCUT2D eigenvalue weighted by Gasteiger charge is -2.14. The molecular weight excluding hydrogens is 254 g/mol. The van der Waals surface area contributed by atoms with E-state index in [2.05, 4.69) is 10.6 Å². The number of carbonyl (C=O) groups excluding carboxylic acids is 2. The Bertz CT molecular complexity index is 496. The van der Waals surface area contributed by atoms with E-state index >= 15 is 0 Å². The van der Waals surface area contributed by atoms with Crippen LogP contribution in [0.15, 0.2) is 24.3 Å². The van der Waals surface area contributed by atoms with Gasteiger partial charge in [-0.05, 0) is 18.6 Å². The number of benzene rings is 1. The van der Waals surface area contributed by atoms with Gasteiger partial charge in [0.1, 0.15) is 6.54 Å². The van der Waals surface area contributed by atoms with Crippen molar-refractivity contribution in [1.82, 2.24) is 10.6 Å². The zero-order chi connectivity index (χ0) is 13.5. The molecule has 0 heterocycles. The molecule has 0 bridgehead atoms. The van der Waals surface area contributed by atoms with Crippen LogP contribution in [0.3, 0.4) is 0 Å². The van der Waals surface area contributed by atoms with Crippen molar-refractivity contribution in [2.45, 2.75) is 13.0 Å². The molecule has 0 radical (unpaired) electrons. The van der Waals surface area contributed by atoms with E-state index in [1.807, 2.05) is 0 Å². The van der Waals surface area contributed by atoms with Gasteiger partial charge in [0.25, 0.3) is 0 Å². The van der Waals surface area contributed by atoms with Crippen LogP contribution in [0.5, 0.6) is 0 Å². The number of nitriles is 1. The zero-order valence-electron chi connectivity index (χ0n) is 9.74. The Morgan fingerprint density at radius 3 is 2.67 bits per heavy atom. The lowest BCUT2D eigenvalue weighted by molar-refractivity contribution is -0.139. The fourth-order valence-corrected chi connectivity index (χ4v) is 1.67. The molecule has 1 unspecified atom stereocenters. The van der Waals surface area contributed by atoms with Gasteiger partial charge in [0, 0.05) is 5.02 Å². The van der Waals surface area contributed by atoms with E-state index in [4.69, 9.17) is 16.9 Å². The number of rotatable bonds is 3. The van der Waals surface area contributed by atoms with Gasteiger partial charge in [0.15, 0.2) is 0 Å². The van der Waals surface area contributed by atoms with Gasteiger partial charge < -0.3 is 10.6 Å². The van der Waals surface area contributed by atoms with Crippen LogP contribution in [-0.2, 0) is 9.59 Å². The van der Waals surface area contributed by atoms with Crippen molar-refractivity contribution >= 4 is 23.4 Å². The molecule has 0 spiro atoms. The first kappa shape index (κ1) is 14.0. The van der Waals surface area contributed by atoms with E-state index < -0.39 is 11.8 Å². The summed E-state index contributed by atoms with van der Waals surface area (Å²) in [6, 6.07) is 8.36. The molecule has 0 aromatic heterocycles. The van der Waals surface area contributed by atoms with Crippen LogP contribution >= 0.6 is 11.6 Å². The van der Waals surface area contributed by atoms with Gasteiger partial charge in [0.2, 0.25) is 0 Å². The number of hydrogen-bond donors (Lipinski definition) is 2. The summed E-state index contributed by atoms with van der Waals surface area (Å²) in [5.41, 5.74) is 0.723. The van der Waals surface area contributed by atoms with E-state index in [0.29, 0.717) is 5.02 Å². The number of halogens is 1. The predicted octanol–water partition coefficient (Wildman–Crippen LogP) is 1.16. The standard InChI is InChI=1S/C12H12ClN3O2/c1-8(9-4-2-3-5-10(9)13)16-12(18)11(17)15-7-6-14/h2-5,8H,7H2,1H3,(H,15,17)(H,16,18). The second kappa shape index (κ2) is 6.62. The van der Waals surface area contributed by atoms with Gasteiger partial charge in [-0.3, -0.25) is 9.59 Å². The molecule has 0 aliphatic carbocycles. The molecule has 2 amide bonds. The van der Waals surface area contributed by atoms with Crippen LogP contribution < -0.4 is 10.6 Å². The second-order valence-electron chi connectivity index (χ2n) is 3.56. The molecule has 0 fully saturated rings. The number of carbonyl (C=O) groups is 2. The van der Waals surface area contributed by atoms with Crippen LogP contribution in [0.25, 0.3) is 0 Å². The second-order valence-corrected chi connectivity index (χ2v) is 3.96. The Morgan fingerprint density at radius 2 is 2.06 bits per heavy atom. The maximum Gasteiger partial charge on any atom is 0.310 e. The monoisotopic (exact) mass is 265 g/mol. The highest BCUT2D eigenvalue weighted by Gasteiger charge is 2.17. The molecule has 94 valence electrons. The molecule has 1 aromatic rings. The molecule has 0 saturated heterocycles. The van der Waals surface area contributed by atoms with Crippen molar-refractivity contribution < 1.29 is 9.59 Å². The van der Waals surface area contributed by atoms with Gasteiger partial charge in [-0.1, -0.05) is 29.8 Å². The van der Waals surface area contributed by atoms with Crippen LogP contribution in [0.4, 0.5) is 0 Å². The summed E-state index contributed by atoms with van der Waals surface area (Å²) in [7, 11) is 0. The molecule has 1 atom stereocenters. The Hall–Kier alpha value is -2.06. The Kier molecular flexibility index (Phi) is 5.15. The maximum atomic E-state index is 11.5. The summed E-state index contributed by atoms with van der Waals surface area (Å²) >= 11 is 5.97. The van der Waals surface area contributed by atoms with Gasteiger partial charge in [-0.15, -0.1) is 0 Å². The number of nitrogens with one attached hydrogen (secondary N) is 2. The fraction of sp³-hybridized carbons (Fsp3) is 0.250. The summed E-state index contributed by atoms with van der Waals surface area (Å²) < 4.78 is 0. The van der Waals surface area contributed by atoms with Crippen LogP contribution in [0.2, 0.25) is 5.02 Å². The van der Waals surface area contributed by atoms with Gasteiger partial charge in [-0.25, -0.2) is 0 Å². The van der Waals surface area contributed by atoms with Gasteiger partial charge in [-0.2, -0.15) is 5.26 Å². The summed E-state index contributed by atoms with van der Waals surface area (Å²) in [5, 5.41) is 13.5. The first-order valence-electron chi connectivity index (χ1n) is 5.26. The minimum atomic E-state index is -0.838. The molecule has 2 N–H and O–H groups in total. The molecule has 6 heteroatoms. The smallest absolute Gasteiger partial charge is 0.310 e. The van der Waals surface area contributed by atoms with Crippen LogP contribution in [0, 0.1) is 11.3 Å². The van der Waals surface area contributed by atoms with Gasteiger partial charge in [0.05, 0.1) is 12.1 Å². The molecule has 5 nitrogen and oxygen atoms in total. The topological polar surface area (TPSA) is 82.0 Å². The normalized spacial score (nSPS) is 11.2. The molecule has 0 saturated carbocycles. The van der Waals surface area contributed by atoms with Crippen molar-refractivity contribution in [3.63, 3.8) is 0 Å². The first-order chi connectivity index (χ1) is 8.56. The largest absolute Gasteiger partial charge is 0.341 e. The van der Waals surface area contributed by atoms with Crippen molar-refractivity contribution in [3.8, 4) is 6.07 Å². The molecule has 1 aromatic carbocycles. The predicted molar refractivity (Wildman–Crippen MR) is 66.6 cm³/mol. The third-order valence-electron chi connectivity index (χ3n) is 2.25. The van der Waals surface area contributed by atoms with E-state index in [1.165, 1.54) is 0 Å². The van der Waals surface area contributed by atoms with E-state index in [9.17, 15) is 9.59 Å². The highest BCUT2D eigenvalue weighted by atomic mass is 35.5. The Labute approximate surface area is 110 Å². The number of hydrogen-bond acceptors (Lipinski definition) is 3. The van der Waals surface area contributed by atoms with Crippen molar-refractivity contribution in [2.24, 2.45) is 0 Å². The number of amides is 2. The lowest BCUT2D eigenvalue weighted by atomic mass is 10.1. The van der Waals surface area contributed by atoms with E-state index in [-0.39, 0.29) is 12.6 Å². The highest BCUT2D eigenvalue weighted by Crippen LogP contribution is 2.21. The minimum absolute atomic E-state index is 0.202. The number of nitrogens with zero attached hydrogens (tertiary/aromatic N) is 1. The quantitative estimate of drug-likeness (QED) is 0.635. The SMILES string of the molecule is CC(NC(=O)C(=O)NCC#N)c1ccccc1Cl. The lowest BCUT2D eigenvalue weighted by Crippen LogP contribution is -2.41. The van der Waals surface area contributed by atoms with Crippen molar-refractivity contribution in [1.29, 1.82) is 5.26 Å². The van der Waals surface area contributed by atoms with Crippen molar-refractivity contribution in [2.75, 3.05) is 6.54 Å². The van der Waals surface area contributed by atoms with Crippen molar-refractivity contribution in [3.05, 3.63) is 34.9 Å². The minimum Gasteiger partial charge on any atom is -0.341 e. The van der Waals surface area contributed by atoms with Crippen LogP contribution in [0.1, 0.15) is 18.5 Å². The Balaban J connectivity index is 2.63. The molecule has 1 rings (SSSR count). The first-order valence-corrected chi connectivity index (χ1v) is 5.64. The average Bonchev–Trinajstić information content (AvgIpc) is 2.36. The van der Waals surface area contributed by atoms with E-state index in [0.717, 1.165) is 5.56 Å². The summed E-state index contributed by atoms with van der Waals surface area (Å²) in [5.74, 6) is -1.63. The maximum absolute atomic E-state index is 11.5. The summed E-state index contributed by atoms with van der Waals surface area (Å²) in [6.45, 7) is 1.52. The fourth-order valence-electron chi connectivity index (χ4n) is 1.37.